The van der Waals surface area contributed by atoms with Gasteiger partial charge in [0, 0.05) is 18.6 Å². The molecule has 0 bridgehead atoms. The summed E-state index contributed by atoms with van der Waals surface area (Å²) in [6.45, 7) is 0. The fourth-order valence-corrected chi connectivity index (χ4v) is 1.50. The van der Waals surface area contributed by atoms with Crippen LogP contribution in [-0.2, 0) is 20.8 Å². The fourth-order valence-electron chi connectivity index (χ4n) is 1.50. The Labute approximate surface area is 119 Å². The molecule has 1 aromatic carbocycles. The van der Waals surface area contributed by atoms with Crippen LogP contribution < -0.4 is 5.32 Å². The van der Waals surface area contributed by atoms with Crippen LogP contribution in [0.5, 0.6) is 11.5 Å². The van der Waals surface area contributed by atoms with Crippen LogP contribution >= 0.6 is 0 Å². The Kier molecular flexibility index (Phi) is 5.30. The second-order valence-corrected chi connectivity index (χ2v) is 4.10. The molecule has 0 saturated heterocycles. The molecule has 1 amide bonds. The van der Waals surface area contributed by atoms with Crippen molar-refractivity contribution in [3.05, 3.63) is 35.9 Å². The van der Waals surface area contributed by atoms with E-state index in [1.54, 1.807) is 0 Å². The lowest BCUT2D eigenvalue weighted by molar-refractivity contribution is -0.141. The van der Waals surface area contributed by atoms with Crippen molar-refractivity contribution in [1.29, 1.82) is 0 Å². The number of hydrogen-bond acceptors (Lipinski definition) is 5. The van der Waals surface area contributed by atoms with Gasteiger partial charge in [-0.2, -0.15) is 0 Å². The largest absolute Gasteiger partial charge is 0.504 e. The summed E-state index contributed by atoms with van der Waals surface area (Å²) in [5, 5.41) is 38.0. The number of phenolic OH excluding ortho intramolecular Hbond substituents is 2. The van der Waals surface area contributed by atoms with Crippen molar-refractivity contribution in [3.63, 3.8) is 0 Å². The summed E-state index contributed by atoms with van der Waals surface area (Å²) in [6, 6.07) is 2.45. The summed E-state index contributed by atoms with van der Waals surface area (Å²) in [5.74, 6) is -4.28. The minimum Gasteiger partial charge on any atom is -0.504 e. The predicted octanol–water partition coefficient (Wildman–Crippen LogP) is -0.150. The predicted molar refractivity (Wildman–Crippen MR) is 69.8 cm³/mol. The molecule has 0 heterocycles. The van der Waals surface area contributed by atoms with Crippen LogP contribution in [0.1, 0.15) is 5.56 Å². The fraction of sp³-hybridized carbons (Fsp3) is 0.154. The molecule has 0 aromatic heterocycles. The van der Waals surface area contributed by atoms with Crippen LogP contribution in [-0.4, -0.2) is 44.3 Å². The Balaban J connectivity index is 2.78. The van der Waals surface area contributed by atoms with Crippen molar-refractivity contribution < 1.29 is 34.8 Å². The molecule has 0 saturated carbocycles. The number of carbonyl (C=O) groups excluding carboxylic acids is 1. The number of carbonyl (C=O) groups is 3. The summed E-state index contributed by atoms with van der Waals surface area (Å²) in [7, 11) is 0. The van der Waals surface area contributed by atoms with E-state index in [0.717, 1.165) is 0 Å². The zero-order chi connectivity index (χ0) is 16.0. The molecule has 1 aromatic rings. The Hall–Kier alpha value is -3.03. The standard InChI is InChI=1S/C13H13NO7/c15-9-2-1-7(6-10(9)16)5-8(13(20)21)14-11(17)3-4-12(18)19/h1-4,6,8,15-16H,5H2,(H,14,17)(H,18,19)(H,20,21)/b4-3-/t8-/m0/s1. The quantitative estimate of drug-likeness (QED) is 0.362. The molecule has 0 fully saturated rings. The van der Waals surface area contributed by atoms with Crippen molar-refractivity contribution in [2.45, 2.75) is 12.5 Å². The van der Waals surface area contributed by atoms with E-state index < -0.39 is 29.6 Å². The molecule has 0 spiro atoms. The van der Waals surface area contributed by atoms with Crippen LogP contribution in [0, 0.1) is 0 Å². The maximum Gasteiger partial charge on any atom is 0.328 e. The number of carboxylic acid groups (broad SMARTS) is 2. The molecule has 8 nitrogen and oxygen atoms in total. The molecule has 0 aliphatic rings. The second kappa shape index (κ2) is 6.94. The Morgan fingerprint density at radius 3 is 2.29 bits per heavy atom. The molecule has 8 heteroatoms. The highest BCUT2D eigenvalue weighted by atomic mass is 16.4. The average Bonchev–Trinajstić information content (AvgIpc) is 2.39. The Morgan fingerprint density at radius 2 is 1.76 bits per heavy atom. The zero-order valence-corrected chi connectivity index (χ0v) is 10.7. The number of rotatable bonds is 6. The summed E-state index contributed by atoms with van der Waals surface area (Å²) in [6.07, 6.45) is 1.14. The van der Waals surface area contributed by atoms with Crippen molar-refractivity contribution in [2.75, 3.05) is 0 Å². The number of amides is 1. The van der Waals surface area contributed by atoms with Crippen molar-refractivity contribution in [2.24, 2.45) is 0 Å². The van der Waals surface area contributed by atoms with Gasteiger partial charge in [0.1, 0.15) is 6.04 Å². The third kappa shape index (κ3) is 5.23. The number of benzene rings is 1. The molecule has 112 valence electrons. The lowest BCUT2D eigenvalue weighted by atomic mass is 10.1. The normalized spacial score (nSPS) is 12.0. The Bertz CT molecular complexity index is 594. The van der Waals surface area contributed by atoms with E-state index in [1.807, 2.05) is 0 Å². The number of hydrogen-bond donors (Lipinski definition) is 5. The van der Waals surface area contributed by atoms with Crippen LogP contribution in [0.3, 0.4) is 0 Å². The van der Waals surface area contributed by atoms with E-state index >= 15 is 0 Å². The summed E-state index contributed by atoms with van der Waals surface area (Å²) in [4.78, 5) is 32.7. The summed E-state index contributed by atoms with van der Waals surface area (Å²) in [5.41, 5.74) is 0.375. The second-order valence-electron chi connectivity index (χ2n) is 4.10. The van der Waals surface area contributed by atoms with E-state index in [1.165, 1.54) is 18.2 Å². The van der Waals surface area contributed by atoms with Gasteiger partial charge in [-0.05, 0) is 17.7 Å². The summed E-state index contributed by atoms with van der Waals surface area (Å²) >= 11 is 0. The number of nitrogens with one attached hydrogen (secondary N) is 1. The minimum atomic E-state index is -1.33. The first-order valence-electron chi connectivity index (χ1n) is 5.74. The van der Waals surface area contributed by atoms with Gasteiger partial charge in [-0.25, -0.2) is 9.59 Å². The first-order chi connectivity index (χ1) is 9.79. The maximum atomic E-state index is 11.4. The molecule has 1 atom stereocenters. The maximum absolute atomic E-state index is 11.4. The molecule has 21 heavy (non-hydrogen) atoms. The molecule has 0 radical (unpaired) electrons. The van der Waals surface area contributed by atoms with E-state index in [0.29, 0.717) is 17.7 Å². The molecular formula is C13H13NO7. The van der Waals surface area contributed by atoms with Gasteiger partial charge in [0.2, 0.25) is 5.91 Å². The SMILES string of the molecule is O=C(O)/C=C\C(=O)N[C@@H](Cc1ccc(O)c(O)c1)C(=O)O. The molecule has 0 unspecified atom stereocenters. The van der Waals surface area contributed by atoms with Crippen LogP contribution in [0.15, 0.2) is 30.4 Å². The van der Waals surface area contributed by atoms with Crippen LogP contribution in [0.4, 0.5) is 0 Å². The van der Waals surface area contributed by atoms with E-state index in [-0.39, 0.29) is 12.2 Å². The average molecular weight is 295 g/mol. The molecular weight excluding hydrogens is 282 g/mol. The minimum absolute atomic E-state index is 0.143. The van der Waals surface area contributed by atoms with Crippen LogP contribution in [0.25, 0.3) is 0 Å². The van der Waals surface area contributed by atoms with Gasteiger partial charge < -0.3 is 25.7 Å². The smallest absolute Gasteiger partial charge is 0.328 e. The first kappa shape index (κ1) is 16.0. The highest BCUT2D eigenvalue weighted by Gasteiger charge is 2.20. The number of carboxylic acids is 2. The topological polar surface area (TPSA) is 144 Å². The Morgan fingerprint density at radius 1 is 1.10 bits per heavy atom. The first-order valence-corrected chi connectivity index (χ1v) is 5.74. The van der Waals surface area contributed by atoms with Gasteiger partial charge in [0.15, 0.2) is 11.5 Å². The van der Waals surface area contributed by atoms with Crippen molar-refractivity contribution in [1.82, 2.24) is 5.32 Å². The number of aromatic hydroxyl groups is 2. The van der Waals surface area contributed by atoms with E-state index in [4.69, 9.17) is 15.3 Å². The van der Waals surface area contributed by atoms with Gasteiger partial charge >= 0.3 is 11.9 Å². The van der Waals surface area contributed by atoms with E-state index in [9.17, 15) is 19.5 Å². The summed E-state index contributed by atoms with van der Waals surface area (Å²) < 4.78 is 0. The van der Waals surface area contributed by atoms with Gasteiger partial charge in [0.25, 0.3) is 0 Å². The van der Waals surface area contributed by atoms with Crippen molar-refractivity contribution in [3.8, 4) is 11.5 Å². The molecule has 0 aliphatic carbocycles. The lowest BCUT2D eigenvalue weighted by Crippen LogP contribution is -2.41. The van der Waals surface area contributed by atoms with Crippen molar-refractivity contribution >= 4 is 17.8 Å². The molecule has 1 rings (SSSR count). The monoisotopic (exact) mass is 295 g/mol. The zero-order valence-electron chi connectivity index (χ0n) is 10.7. The van der Waals surface area contributed by atoms with Gasteiger partial charge in [-0.15, -0.1) is 0 Å². The number of phenols is 2. The van der Waals surface area contributed by atoms with Crippen LogP contribution in [0.2, 0.25) is 0 Å². The third-order valence-corrected chi connectivity index (χ3v) is 2.47. The van der Waals surface area contributed by atoms with Gasteiger partial charge in [0.05, 0.1) is 0 Å². The number of aliphatic carboxylic acids is 2. The van der Waals surface area contributed by atoms with Gasteiger partial charge in [-0.1, -0.05) is 6.07 Å². The lowest BCUT2D eigenvalue weighted by Gasteiger charge is -2.13. The molecule has 5 N–H and O–H groups in total. The third-order valence-electron chi connectivity index (χ3n) is 2.47. The molecule has 0 aliphatic heterocycles. The highest BCUT2D eigenvalue weighted by Crippen LogP contribution is 2.25. The highest BCUT2D eigenvalue weighted by molar-refractivity contribution is 5.95. The van der Waals surface area contributed by atoms with Gasteiger partial charge in [-0.3, -0.25) is 4.79 Å². The van der Waals surface area contributed by atoms with E-state index in [2.05, 4.69) is 5.32 Å².